The van der Waals surface area contributed by atoms with Crippen LogP contribution in [0.2, 0.25) is 5.15 Å². The molecule has 1 atom stereocenters. The number of hydrogen-bond donors (Lipinski definition) is 1. The van der Waals surface area contributed by atoms with Gasteiger partial charge in [0.05, 0.1) is 34.7 Å². The van der Waals surface area contributed by atoms with Crippen LogP contribution in [-0.2, 0) is 6.42 Å². The molecule has 0 spiro atoms. The molecule has 2 aromatic carbocycles. The van der Waals surface area contributed by atoms with Crippen molar-refractivity contribution in [3.63, 3.8) is 0 Å². The largest absolute Gasteiger partial charge is 0.421 e. The highest BCUT2D eigenvalue weighted by Crippen LogP contribution is 2.49. The first kappa shape index (κ1) is 20.8. The molecule has 0 saturated heterocycles. The second-order valence-electron chi connectivity index (χ2n) is 7.20. The lowest BCUT2D eigenvalue weighted by molar-refractivity contribution is 0.382. The van der Waals surface area contributed by atoms with Crippen molar-refractivity contribution < 1.29 is 4.74 Å². The molecule has 4 aromatic rings. The van der Waals surface area contributed by atoms with E-state index in [9.17, 15) is 5.26 Å². The lowest BCUT2D eigenvalue weighted by atomic mass is 9.88. The average Bonchev–Trinajstić information content (AvgIpc) is 3.39. The maximum Gasteiger partial charge on any atom is 0.236 e. The lowest BCUT2D eigenvalue weighted by Gasteiger charge is -2.22. The van der Waals surface area contributed by atoms with E-state index in [1.807, 2.05) is 60.7 Å². The number of para-hydroxylation sites is 1. The normalized spacial score (nSPS) is 14.8. The third-order valence-corrected chi connectivity index (χ3v) is 6.70. The number of nitrogens with zero attached hydrogens (tertiary/aromatic N) is 5. The third-order valence-electron chi connectivity index (χ3n) is 5.24. The van der Waals surface area contributed by atoms with Gasteiger partial charge in [-0.05, 0) is 12.1 Å². The van der Waals surface area contributed by atoms with Crippen LogP contribution in [-0.4, -0.2) is 14.8 Å². The van der Waals surface area contributed by atoms with Crippen molar-refractivity contribution in [3.05, 3.63) is 92.7 Å². The Bertz CT molecular complexity index is 1460. The smallest absolute Gasteiger partial charge is 0.236 e. The van der Waals surface area contributed by atoms with Crippen LogP contribution in [0, 0.1) is 22.7 Å². The van der Waals surface area contributed by atoms with Gasteiger partial charge in [0.1, 0.15) is 21.8 Å². The summed E-state index contributed by atoms with van der Waals surface area (Å²) in [5, 5.41) is 24.9. The zero-order valence-corrected chi connectivity index (χ0v) is 18.6. The van der Waals surface area contributed by atoms with E-state index in [4.69, 9.17) is 32.4 Å². The van der Waals surface area contributed by atoms with Crippen LogP contribution in [0.25, 0.3) is 16.9 Å². The van der Waals surface area contributed by atoms with Gasteiger partial charge in [0.15, 0.2) is 0 Å². The highest BCUT2D eigenvalue weighted by molar-refractivity contribution is 7.12. The molecule has 9 heteroatoms. The van der Waals surface area contributed by atoms with Crippen LogP contribution in [0.15, 0.2) is 72.1 Å². The van der Waals surface area contributed by atoms with Gasteiger partial charge in [-0.3, -0.25) is 0 Å². The lowest BCUT2D eigenvalue weighted by Crippen LogP contribution is -2.20. The quantitative estimate of drug-likeness (QED) is 0.452. The van der Waals surface area contributed by atoms with Gasteiger partial charge in [-0.2, -0.15) is 15.6 Å². The van der Waals surface area contributed by atoms with E-state index in [2.05, 4.69) is 17.1 Å². The maximum atomic E-state index is 10.00. The number of thiazole rings is 1. The highest BCUT2D eigenvalue weighted by atomic mass is 35.5. The van der Waals surface area contributed by atoms with E-state index in [-0.39, 0.29) is 23.8 Å². The van der Waals surface area contributed by atoms with Crippen molar-refractivity contribution in [2.45, 2.75) is 12.3 Å². The molecule has 0 aliphatic carbocycles. The average molecular weight is 471 g/mol. The molecule has 160 valence electrons. The Morgan fingerprint density at radius 2 is 1.79 bits per heavy atom. The third kappa shape index (κ3) is 3.52. The summed E-state index contributed by atoms with van der Waals surface area (Å²) in [5.41, 5.74) is 9.23. The van der Waals surface area contributed by atoms with Gasteiger partial charge in [0.25, 0.3) is 0 Å². The number of ether oxygens (including phenoxy) is 1. The van der Waals surface area contributed by atoms with Gasteiger partial charge in [0.2, 0.25) is 11.8 Å². The van der Waals surface area contributed by atoms with Crippen LogP contribution in [0.4, 0.5) is 0 Å². The van der Waals surface area contributed by atoms with E-state index in [0.717, 1.165) is 11.3 Å². The molecule has 33 heavy (non-hydrogen) atoms. The van der Waals surface area contributed by atoms with Crippen molar-refractivity contribution in [1.29, 1.82) is 10.5 Å². The van der Waals surface area contributed by atoms with E-state index >= 15 is 0 Å². The maximum absolute atomic E-state index is 10.00. The number of fused-ring (bicyclic) bond motifs is 1. The molecule has 2 aromatic heterocycles. The molecule has 0 radical (unpaired) electrons. The summed E-state index contributed by atoms with van der Waals surface area (Å²) in [4.78, 5) is 5.08. The van der Waals surface area contributed by atoms with Crippen LogP contribution in [0.1, 0.15) is 21.4 Å². The SMILES string of the molecule is N#CCc1nc2c(s1)C(c1c(-c3ccccc3)nn(-c3ccccc3)c1Cl)C(C#N)=C(N)O2. The number of nitrogens with two attached hydrogens (primary N) is 1. The Balaban J connectivity index is 1.81. The molecule has 0 saturated carbocycles. The summed E-state index contributed by atoms with van der Waals surface area (Å²) >= 11 is 8.28. The van der Waals surface area contributed by atoms with E-state index < -0.39 is 5.92 Å². The zero-order chi connectivity index (χ0) is 22.9. The second kappa shape index (κ2) is 8.44. The van der Waals surface area contributed by atoms with Gasteiger partial charge in [-0.1, -0.05) is 60.1 Å². The highest BCUT2D eigenvalue weighted by Gasteiger charge is 2.39. The molecular weight excluding hydrogens is 456 g/mol. The predicted molar refractivity (Wildman–Crippen MR) is 125 cm³/mol. The Labute approximate surface area is 198 Å². The number of allylic oxidation sites excluding steroid dienone is 1. The molecule has 3 heterocycles. The first-order chi connectivity index (χ1) is 16.1. The van der Waals surface area contributed by atoms with Crippen LogP contribution in [0.3, 0.4) is 0 Å². The molecule has 0 bridgehead atoms. The fourth-order valence-corrected chi connectivity index (χ4v) is 5.18. The Morgan fingerprint density at radius 1 is 1.09 bits per heavy atom. The van der Waals surface area contributed by atoms with Crippen molar-refractivity contribution in [2.75, 3.05) is 0 Å². The molecule has 0 amide bonds. The number of rotatable bonds is 4. The zero-order valence-electron chi connectivity index (χ0n) is 17.1. The summed E-state index contributed by atoms with van der Waals surface area (Å²) < 4.78 is 7.30. The van der Waals surface area contributed by atoms with Gasteiger partial charge >= 0.3 is 0 Å². The van der Waals surface area contributed by atoms with Crippen molar-refractivity contribution in [1.82, 2.24) is 14.8 Å². The molecule has 1 unspecified atom stereocenters. The van der Waals surface area contributed by atoms with Gasteiger partial charge in [0, 0.05) is 11.1 Å². The molecular formula is C24H15ClN6OS. The fourth-order valence-electron chi connectivity index (χ4n) is 3.80. The van der Waals surface area contributed by atoms with Crippen LogP contribution >= 0.6 is 22.9 Å². The van der Waals surface area contributed by atoms with E-state index in [0.29, 0.717) is 26.3 Å². The Hall–Kier alpha value is -4.11. The van der Waals surface area contributed by atoms with Gasteiger partial charge < -0.3 is 10.5 Å². The van der Waals surface area contributed by atoms with Crippen molar-refractivity contribution >= 4 is 22.9 Å². The standard InChI is InChI=1S/C24H15ClN6OS/c25-22-19(18-16(13-27)23(28)32-24-21(18)33-17(29-24)11-12-26)20(14-7-3-1-4-8-14)30-31(22)15-9-5-2-6-10-15/h1-10,18H,11,28H2. The monoisotopic (exact) mass is 470 g/mol. The first-order valence-electron chi connectivity index (χ1n) is 9.95. The number of nitriles is 2. The Kier molecular flexibility index (Phi) is 5.31. The fraction of sp³-hybridized carbons (Fsp3) is 0.0833. The topological polar surface area (TPSA) is 114 Å². The van der Waals surface area contributed by atoms with Crippen molar-refractivity contribution in [2.24, 2.45) is 5.73 Å². The molecule has 7 nitrogen and oxygen atoms in total. The van der Waals surface area contributed by atoms with Gasteiger partial charge in [-0.15, -0.1) is 11.3 Å². The van der Waals surface area contributed by atoms with Crippen molar-refractivity contribution in [3.8, 4) is 35.0 Å². The first-order valence-corrected chi connectivity index (χ1v) is 11.1. The minimum Gasteiger partial charge on any atom is -0.421 e. The summed E-state index contributed by atoms with van der Waals surface area (Å²) in [6, 6.07) is 23.4. The van der Waals surface area contributed by atoms with Gasteiger partial charge in [-0.25, -0.2) is 9.67 Å². The molecule has 2 N–H and O–H groups in total. The summed E-state index contributed by atoms with van der Waals surface area (Å²) in [7, 11) is 0. The van der Waals surface area contributed by atoms with Crippen LogP contribution in [0.5, 0.6) is 5.88 Å². The molecule has 5 rings (SSSR count). The number of benzene rings is 2. The predicted octanol–water partition coefficient (Wildman–Crippen LogP) is 4.93. The van der Waals surface area contributed by atoms with E-state index in [1.54, 1.807) is 4.68 Å². The molecule has 0 fully saturated rings. The minimum atomic E-state index is -0.635. The molecule has 1 aliphatic rings. The summed E-state index contributed by atoms with van der Waals surface area (Å²) in [6.45, 7) is 0. The molecule has 1 aliphatic heterocycles. The van der Waals surface area contributed by atoms with Crippen LogP contribution < -0.4 is 10.5 Å². The number of halogens is 1. The summed E-state index contributed by atoms with van der Waals surface area (Å²) in [5.74, 6) is -0.385. The van der Waals surface area contributed by atoms with E-state index in [1.165, 1.54) is 11.3 Å². The minimum absolute atomic E-state index is 0.0358. The Morgan fingerprint density at radius 3 is 2.45 bits per heavy atom. The summed E-state index contributed by atoms with van der Waals surface area (Å²) in [6.07, 6.45) is 0.123. The number of hydrogen-bond acceptors (Lipinski definition) is 7. The number of aromatic nitrogens is 3. The second-order valence-corrected chi connectivity index (χ2v) is 8.68.